The molecule has 4 heteroatoms. The Hall–Kier alpha value is -0.870. The molecule has 0 spiro atoms. The SMILES string of the molecule is Cc1nn(C)c(C)c1CN1CCC(C(C)O)C1. The highest BCUT2D eigenvalue weighted by Crippen LogP contribution is 2.23. The summed E-state index contributed by atoms with van der Waals surface area (Å²) in [4.78, 5) is 2.42. The third-order valence-electron chi connectivity index (χ3n) is 4.03. The van der Waals surface area contributed by atoms with Gasteiger partial charge in [0.1, 0.15) is 0 Å². The summed E-state index contributed by atoms with van der Waals surface area (Å²) in [5.74, 6) is 0.437. The molecule has 0 radical (unpaired) electrons. The van der Waals surface area contributed by atoms with Crippen LogP contribution in [0.15, 0.2) is 0 Å². The van der Waals surface area contributed by atoms with Gasteiger partial charge in [0.25, 0.3) is 0 Å². The van der Waals surface area contributed by atoms with E-state index in [-0.39, 0.29) is 6.10 Å². The van der Waals surface area contributed by atoms with Crippen molar-refractivity contribution >= 4 is 0 Å². The minimum absolute atomic E-state index is 0.184. The van der Waals surface area contributed by atoms with Gasteiger partial charge in [0, 0.05) is 31.4 Å². The minimum atomic E-state index is -0.184. The van der Waals surface area contributed by atoms with Gasteiger partial charge in [-0.1, -0.05) is 0 Å². The largest absolute Gasteiger partial charge is 0.393 e. The Morgan fingerprint density at radius 1 is 1.47 bits per heavy atom. The first kappa shape index (κ1) is 12.6. The normalized spacial score (nSPS) is 23.2. The second-order valence-electron chi connectivity index (χ2n) is 5.30. The van der Waals surface area contributed by atoms with Crippen LogP contribution in [0.1, 0.15) is 30.3 Å². The fraction of sp³-hybridized carbons (Fsp3) is 0.769. The van der Waals surface area contributed by atoms with Gasteiger partial charge >= 0.3 is 0 Å². The van der Waals surface area contributed by atoms with Crippen molar-refractivity contribution in [3.05, 3.63) is 17.0 Å². The number of likely N-dealkylation sites (tertiary alicyclic amines) is 1. The highest BCUT2D eigenvalue weighted by Gasteiger charge is 2.26. The first-order chi connectivity index (χ1) is 7.99. The Balaban J connectivity index is 2.03. The monoisotopic (exact) mass is 237 g/mol. The lowest BCUT2D eigenvalue weighted by Gasteiger charge is -2.17. The quantitative estimate of drug-likeness (QED) is 0.860. The molecule has 1 N–H and O–H groups in total. The van der Waals surface area contributed by atoms with Crippen LogP contribution < -0.4 is 0 Å². The minimum Gasteiger partial charge on any atom is -0.393 e. The van der Waals surface area contributed by atoms with Crippen LogP contribution >= 0.6 is 0 Å². The van der Waals surface area contributed by atoms with Gasteiger partial charge in [0.2, 0.25) is 0 Å². The smallest absolute Gasteiger partial charge is 0.0641 e. The van der Waals surface area contributed by atoms with Crippen molar-refractivity contribution in [3.63, 3.8) is 0 Å². The summed E-state index contributed by atoms with van der Waals surface area (Å²) in [6, 6.07) is 0. The molecule has 0 amide bonds. The molecule has 4 nitrogen and oxygen atoms in total. The summed E-state index contributed by atoms with van der Waals surface area (Å²) in [5, 5.41) is 14.1. The molecule has 1 fully saturated rings. The number of aromatic nitrogens is 2. The van der Waals surface area contributed by atoms with Crippen LogP contribution in [0, 0.1) is 19.8 Å². The van der Waals surface area contributed by atoms with Crippen molar-refractivity contribution in [2.75, 3.05) is 13.1 Å². The molecule has 1 aromatic rings. The zero-order valence-electron chi connectivity index (χ0n) is 11.3. The topological polar surface area (TPSA) is 41.3 Å². The highest BCUT2D eigenvalue weighted by molar-refractivity contribution is 5.24. The van der Waals surface area contributed by atoms with Gasteiger partial charge in [-0.25, -0.2) is 0 Å². The molecule has 0 bridgehead atoms. The molecule has 17 heavy (non-hydrogen) atoms. The molecule has 1 aliphatic rings. The van der Waals surface area contributed by atoms with Crippen LogP contribution in [0.3, 0.4) is 0 Å². The summed E-state index contributed by atoms with van der Waals surface area (Å²) < 4.78 is 1.95. The Labute approximate surface area is 103 Å². The average Bonchev–Trinajstić information content (AvgIpc) is 2.80. The van der Waals surface area contributed by atoms with E-state index in [4.69, 9.17) is 0 Å². The lowest BCUT2D eigenvalue weighted by Crippen LogP contribution is -2.24. The first-order valence-electron chi connectivity index (χ1n) is 6.38. The van der Waals surface area contributed by atoms with Gasteiger partial charge in [-0.15, -0.1) is 0 Å². The Morgan fingerprint density at radius 2 is 2.18 bits per heavy atom. The zero-order valence-corrected chi connectivity index (χ0v) is 11.3. The van der Waals surface area contributed by atoms with E-state index in [2.05, 4.69) is 23.8 Å². The van der Waals surface area contributed by atoms with E-state index >= 15 is 0 Å². The average molecular weight is 237 g/mol. The van der Waals surface area contributed by atoms with Crippen molar-refractivity contribution in [3.8, 4) is 0 Å². The molecule has 2 heterocycles. The van der Waals surface area contributed by atoms with Crippen LogP contribution in [-0.4, -0.2) is 39.0 Å². The molecular formula is C13H23N3O. The molecule has 2 rings (SSSR count). The highest BCUT2D eigenvalue weighted by atomic mass is 16.3. The number of hydrogen-bond donors (Lipinski definition) is 1. The van der Waals surface area contributed by atoms with Gasteiger partial charge in [0.15, 0.2) is 0 Å². The van der Waals surface area contributed by atoms with E-state index in [1.807, 2.05) is 18.7 Å². The molecular weight excluding hydrogens is 214 g/mol. The number of aliphatic hydroxyl groups is 1. The van der Waals surface area contributed by atoms with Crippen LogP contribution in [0.2, 0.25) is 0 Å². The third kappa shape index (κ3) is 2.53. The second-order valence-corrected chi connectivity index (χ2v) is 5.30. The summed E-state index contributed by atoms with van der Waals surface area (Å²) in [6.07, 6.45) is 0.923. The number of hydrogen-bond acceptors (Lipinski definition) is 3. The van der Waals surface area contributed by atoms with Crippen molar-refractivity contribution in [1.29, 1.82) is 0 Å². The predicted molar refractivity (Wildman–Crippen MR) is 67.7 cm³/mol. The molecule has 96 valence electrons. The van der Waals surface area contributed by atoms with Crippen LogP contribution in [-0.2, 0) is 13.6 Å². The summed E-state index contributed by atoms with van der Waals surface area (Å²) in [7, 11) is 1.99. The van der Waals surface area contributed by atoms with Crippen LogP contribution in [0.25, 0.3) is 0 Å². The lowest BCUT2D eigenvalue weighted by molar-refractivity contribution is 0.127. The lowest BCUT2D eigenvalue weighted by atomic mass is 10.0. The van der Waals surface area contributed by atoms with E-state index in [0.29, 0.717) is 5.92 Å². The Morgan fingerprint density at radius 3 is 2.65 bits per heavy atom. The van der Waals surface area contributed by atoms with Gasteiger partial charge in [0.05, 0.1) is 11.8 Å². The Bertz CT molecular complexity index is 398. The maximum Gasteiger partial charge on any atom is 0.0641 e. The molecule has 0 aromatic carbocycles. The third-order valence-corrected chi connectivity index (χ3v) is 4.03. The maximum absolute atomic E-state index is 9.61. The number of aliphatic hydroxyl groups excluding tert-OH is 1. The number of nitrogens with zero attached hydrogens (tertiary/aromatic N) is 3. The number of rotatable bonds is 3. The first-order valence-corrected chi connectivity index (χ1v) is 6.38. The second kappa shape index (κ2) is 4.78. The molecule has 0 saturated carbocycles. The standard InChI is InChI=1S/C13H23N3O/c1-9-13(10(2)15(4)14-9)8-16-6-5-12(7-16)11(3)17/h11-12,17H,5-8H2,1-4H3. The van der Waals surface area contributed by atoms with Crippen molar-refractivity contribution in [2.24, 2.45) is 13.0 Å². The van der Waals surface area contributed by atoms with Crippen molar-refractivity contribution in [1.82, 2.24) is 14.7 Å². The molecule has 2 unspecified atom stereocenters. The fourth-order valence-corrected chi connectivity index (χ4v) is 2.67. The molecule has 2 atom stereocenters. The zero-order chi connectivity index (χ0) is 12.6. The summed E-state index contributed by atoms with van der Waals surface area (Å²) in [6.45, 7) is 9.15. The van der Waals surface area contributed by atoms with Gasteiger partial charge < -0.3 is 5.11 Å². The molecule has 1 aliphatic heterocycles. The molecule has 1 aromatic heterocycles. The van der Waals surface area contributed by atoms with E-state index in [0.717, 1.165) is 31.7 Å². The van der Waals surface area contributed by atoms with Crippen LogP contribution in [0.5, 0.6) is 0 Å². The van der Waals surface area contributed by atoms with E-state index in [1.54, 1.807) is 0 Å². The van der Waals surface area contributed by atoms with E-state index < -0.39 is 0 Å². The van der Waals surface area contributed by atoms with Gasteiger partial charge in [-0.3, -0.25) is 9.58 Å². The predicted octanol–water partition coefficient (Wildman–Crippen LogP) is 1.24. The van der Waals surface area contributed by atoms with Crippen molar-refractivity contribution < 1.29 is 5.11 Å². The van der Waals surface area contributed by atoms with E-state index in [9.17, 15) is 5.11 Å². The maximum atomic E-state index is 9.61. The molecule has 1 saturated heterocycles. The summed E-state index contributed by atoms with van der Waals surface area (Å²) in [5.41, 5.74) is 3.73. The van der Waals surface area contributed by atoms with Crippen molar-refractivity contribution in [2.45, 2.75) is 39.8 Å². The number of aryl methyl sites for hydroxylation is 2. The fourth-order valence-electron chi connectivity index (χ4n) is 2.67. The van der Waals surface area contributed by atoms with Crippen LogP contribution in [0.4, 0.5) is 0 Å². The van der Waals surface area contributed by atoms with Gasteiger partial charge in [-0.05, 0) is 39.7 Å². The van der Waals surface area contributed by atoms with E-state index in [1.165, 1.54) is 11.3 Å². The van der Waals surface area contributed by atoms with Gasteiger partial charge in [-0.2, -0.15) is 5.10 Å². The summed E-state index contributed by atoms with van der Waals surface area (Å²) >= 11 is 0. The Kier molecular flexibility index (Phi) is 3.54. The molecule has 0 aliphatic carbocycles.